The van der Waals surface area contributed by atoms with E-state index in [9.17, 15) is 9.59 Å². The molecule has 2 N–H and O–H groups in total. The summed E-state index contributed by atoms with van der Waals surface area (Å²) in [7, 11) is 0. The van der Waals surface area contributed by atoms with Gasteiger partial charge in [0.1, 0.15) is 0 Å². The van der Waals surface area contributed by atoms with Gasteiger partial charge in [0.15, 0.2) is 0 Å². The average Bonchev–Trinajstić information content (AvgIpc) is 2.17. The first-order chi connectivity index (χ1) is 6.49. The molecule has 4 heteroatoms. The van der Waals surface area contributed by atoms with E-state index in [2.05, 4.69) is 17.9 Å². The predicted octanol–water partition coefficient (Wildman–Crippen LogP) is 1.17. The Morgan fingerprint density at radius 2 is 1.93 bits per heavy atom. The molecule has 0 aromatic rings. The molecule has 0 spiro atoms. The van der Waals surface area contributed by atoms with Crippen molar-refractivity contribution in [2.24, 2.45) is 5.73 Å². The summed E-state index contributed by atoms with van der Waals surface area (Å²) in [5.41, 5.74) is 5.29. The molecule has 14 heavy (non-hydrogen) atoms. The monoisotopic (exact) mass is 199 g/mol. The third-order valence-corrected chi connectivity index (χ3v) is 1.23. The number of primary amides is 1. The second kappa shape index (κ2) is 9.51. The number of amides is 1. The van der Waals surface area contributed by atoms with Gasteiger partial charge >= 0.3 is 5.97 Å². The molecular weight excluding hydrogens is 182 g/mol. The van der Waals surface area contributed by atoms with Crippen LogP contribution in [0.15, 0.2) is 24.8 Å². The normalized spacial score (nSPS) is 7.86. The van der Waals surface area contributed by atoms with Crippen LogP contribution in [0.3, 0.4) is 0 Å². The molecule has 0 saturated heterocycles. The number of carbonyl (C=O) groups excluding carboxylic acids is 2. The van der Waals surface area contributed by atoms with E-state index < -0.39 is 5.91 Å². The molecule has 0 bridgehead atoms. The zero-order valence-corrected chi connectivity index (χ0v) is 8.71. The van der Waals surface area contributed by atoms with E-state index in [0.29, 0.717) is 18.6 Å². The first-order valence-corrected chi connectivity index (χ1v) is 4.26. The van der Waals surface area contributed by atoms with Crippen molar-refractivity contribution in [3.63, 3.8) is 0 Å². The summed E-state index contributed by atoms with van der Waals surface area (Å²) >= 11 is 0. The van der Waals surface area contributed by atoms with Gasteiger partial charge in [0, 0.05) is 11.6 Å². The Hall–Kier alpha value is -1.58. The molecule has 4 nitrogen and oxygen atoms in total. The molecule has 0 aliphatic heterocycles. The van der Waals surface area contributed by atoms with Crippen molar-refractivity contribution in [2.75, 3.05) is 6.61 Å². The van der Waals surface area contributed by atoms with Gasteiger partial charge in [-0.1, -0.05) is 20.1 Å². The van der Waals surface area contributed by atoms with Crippen molar-refractivity contribution >= 4 is 11.9 Å². The molecule has 0 fully saturated rings. The molecule has 0 aliphatic carbocycles. The highest BCUT2D eigenvalue weighted by molar-refractivity contribution is 5.91. The molecule has 80 valence electrons. The van der Waals surface area contributed by atoms with E-state index in [-0.39, 0.29) is 5.97 Å². The standard InChI is InChI=1S/C5H9NO.C5H8O2/c1-3-4(2)5(6)7;1-3-5(6)7-4-2/h2-3H2,1H3,(H2,6,7);3H,1,4H2,2H3. The van der Waals surface area contributed by atoms with Gasteiger partial charge in [0.2, 0.25) is 5.91 Å². The van der Waals surface area contributed by atoms with E-state index in [4.69, 9.17) is 5.73 Å². The van der Waals surface area contributed by atoms with Gasteiger partial charge in [0.05, 0.1) is 6.61 Å². The highest BCUT2D eigenvalue weighted by Crippen LogP contribution is 1.91. The second-order valence-corrected chi connectivity index (χ2v) is 2.28. The summed E-state index contributed by atoms with van der Waals surface area (Å²) in [5.74, 6) is -0.759. The number of nitrogens with two attached hydrogens (primary N) is 1. The van der Waals surface area contributed by atoms with Gasteiger partial charge in [-0.25, -0.2) is 4.79 Å². The highest BCUT2D eigenvalue weighted by atomic mass is 16.5. The van der Waals surface area contributed by atoms with Crippen LogP contribution in [-0.2, 0) is 14.3 Å². The average molecular weight is 199 g/mol. The van der Waals surface area contributed by atoms with Crippen LogP contribution in [0.5, 0.6) is 0 Å². The SMILES string of the molecule is C=C(CC)C(N)=O.C=CC(=O)OCC. The molecule has 0 unspecified atom stereocenters. The number of hydrogen-bond donors (Lipinski definition) is 1. The van der Waals surface area contributed by atoms with Gasteiger partial charge in [-0.05, 0) is 13.3 Å². The molecule has 0 saturated carbocycles. The minimum Gasteiger partial charge on any atom is -0.463 e. The quantitative estimate of drug-likeness (QED) is 0.546. The maximum Gasteiger partial charge on any atom is 0.330 e. The van der Waals surface area contributed by atoms with Crippen LogP contribution in [-0.4, -0.2) is 18.5 Å². The van der Waals surface area contributed by atoms with Crippen molar-refractivity contribution in [1.29, 1.82) is 0 Å². The largest absolute Gasteiger partial charge is 0.463 e. The Kier molecular flexibility index (Phi) is 10.1. The van der Waals surface area contributed by atoms with Crippen LogP contribution in [0, 0.1) is 0 Å². The summed E-state index contributed by atoms with van der Waals surface area (Å²) in [6, 6.07) is 0. The van der Waals surface area contributed by atoms with Gasteiger partial charge in [-0.15, -0.1) is 0 Å². The van der Waals surface area contributed by atoms with Crippen LogP contribution < -0.4 is 5.73 Å². The van der Waals surface area contributed by atoms with Gasteiger partial charge < -0.3 is 10.5 Å². The highest BCUT2D eigenvalue weighted by Gasteiger charge is 1.93. The molecule has 0 atom stereocenters. The number of ether oxygens (including phenoxy) is 1. The maximum atomic E-state index is 10.1. The Balaban J connectivity index is 0. The summed E-state index contributed by atoms with van der Waals surface area (Å²) in [6.45, 7) is 10.6. The van der Waals surface area contributed by atoms with E-state index in [1.807, 2.05) is 6.92 Å². The summed E-state index contributed by atoms with van der Waals surface area (Å²) in [5, 5.41) is 0. The third-order valence-electron chi connectivity index (χ3n) is 1.23. The minimum absolute atomic E-state index is 0.359. The van der Waals surface area contributed by atoms with E-state index in [0.717, 1.165) is 6.08 Å². The maximum absolute atomic E-state index is 10.1. The van der Waals surface area contributed by atoms with E-state index in [1.54, 1.807) is 6.92 Å². The fourth-order valence-corrected chi connectivity index (χ4v) is 0.375. The summed E-state index contributed by atoms with van der Waals surface area (Å²) in [4.78, 5) is 20.1. The van der Waals surface area contributed by atoms with Crippen molar-refractivity contribution in [2.45, 2.75) is 20.3 Å². The molecule has 0 rings (SSSR count). The van der Waals surface area contributed by atoms with Crippen LogP contribution in [0.2, 0.25) is 0 Å². The summed E-state index contributed by atoms with van der Waals surface area (Å²) < 4.78 is 4.43. The molecular formula is C10H17NO3. The van der Waals surface area contributed by atoms with Crippen molar-refractivity contribution < 1.29 is 14.3 Å². The first kappa shape index (κ1) is 14.9. The van der Waals surface area contributed by atoms with Crippen molar-refractivity contribution in [3.05, 3.63) is 24.8 Å². The fourth-order valence-electron chi connectivity index (χ4n) is 0.375. The minimum atomic E-state index is -0.400. The lowest BCUT2D eigenvalue weighted by molar-refractivity contribution is -0.137. The van der Waals surface area contributed by atoms with Crippen LogP contribution in [0.4, 0.5) is 0 Å². The fraction of sp³-hybridized carbons (Fsp3) is 0.400. The number of carbonyl (C=O) groups is 2. The van der Waals surface area contributed by atoms with Gasteiger partial charge in [-0.3, -0.25) is 4.79 Å². The first-order valence-electron chi connectivity index (χ1n) is 4.26. The third kappa shape index (κ3) is 10.4. The van der Waals surface area contributed by atoms with Crippen molar-refractivity contribution in [1.82, 2.24) is 0 Å². The zero-order chi connectivity index (χ0) is 11.6. The Morgan fingerprint density at radius 3 is 2.00 bits per heavy atom. The number of esters is 1. The molecule has 0 aromatic carbocycles. The molecule has 0 radical (unpaired) electrons. The Morgan fingerprint density at radius 1 is 1.43 bits per heavy atom. The predicted molar refractivity (Wildman–Crippen MR) is 55.5 cm³/mol. The zero-order valence-electron chi connectivity index (χ0n) is 8.71. The van der Waals surface area contributed by atoms with Gasteiger partial charge in [-0.2, -0.15) is 0 Å². The molecule has 1 amide bonds. The smallest absolute Gasteiger partial charge is 0.330 e. The Labute approximate surface area is 84.4 Å². The lowest BCUT2D eigenvalue weighted by Crippen LogP contribution is -2.11. The van der Waals surface area contributed by atoms with Crippen LogP contribution >= 0.6 is 0 Å². The second-order valence-electron chi connectivity index (χ2n) is 2.28. The van der Waals surface area contributed by atoms with E-state index >= 15 is 0 Å². The molecule has 0 aromatic heterocycles. The van der Waals surface area contributed by atoms with Crippen molar-refractivity contribution in [3.8, 4) is 0 Å². The number of hydrogen-bond acceptors (Lipinski definition) is 3. The van der Waals surface area contributed by atoms with E-state index in [1.165, 1.54) is 0 Å². The lowest BCUT2D eigenvalue weighted by atomic mass is 10.2. The topological polar surface area (TPSA) is 69.4 Å². The molecule has 0 aliphatic rings. The van der Waals surface area contributed by atoms with Crippen LogP contribution in [0.25, 0.3) is 0 Å². The lowest BCUT2D eigenvalue weighted by Gasteiger charge is -1.90. The van der Waals surface area contributed by atoms with Gasteiger partial charge in [0.25, 0.3) is 0 Å². The summed E-state index contributed by atoms with van der Waals surface area (Å²) in [6.07, 6.45) is 1.79. The number of rotatable bonds is 4. The molecule has 0 heterocycles. The Bertz CT molecular complexity index is 219. The van der Waals surface area contributed by atoms with Crippen LogP contribution in [0.1, 0.15) is 20.3 Å².